The van der Waals surface area contributed by atoms with Crippen molar-refractivity contribution in [1.82, 2.24) is 0 Å². The number of alkyl halides is 2. The summed E-state index contributed by atoms with van der Waals surface area (Å²) in [6.45, 7) is 0. The van der Waals surface area contributed by atoms with E-state index in [0.29, 0.717) is 5.56 Å². The van der Waals surface area contributed by atoms with E-state index in [0.717, 1.165) is 6.07 Å². The lowest BCUT2D eigenvalue weighted by Crippen LogP contribution is -2.19. The average Bonchev–Trinajstić information content (AvgIpc) is 2.26. The molecule has 0 aliphatic carbocycles. The summed E-state index contributed by atoms with van der Waals surface area (Å²) in [5.74, 6) is -0.538. The fourth-order valence-electron chi connectivity index (χ4n) is 1.16. The maximum absolute atomic E-state index is 13.3. The molecular weight excluding hydrogens is 242 g/mol. The van der Waals surface area contributed by atoms with Gasteiger partial charge in [0.05, 0.1) is 17.9 Å². The van der Waals surface area contributed by atoms with Crippen LogP contribution in [0.25, 0.3) is 0 Å². The second-order valence-corrected chi connectivity index (χ2v) is 3.73. The molecule has 0 saturated heterocycles. The Kier molecular flexibility index (Phi) is 4.80. The number of benzene rings is 1. The zero-order chi connectivity index (χ0) is 11.4. The molecule has 2 N–H and O–H groups in total. The Labute approximate surface area is 97.3 Å². The smallest absolute Gasteiger partial charge is 0.127 e. The summed E-state index contributed by atoms with van der Waals surface area (Å²) in [5.41, 5.74) is 0.641. The molecule has 0 spiro atoms. The van der Waals surface area contributed by atoms with Gasteiger partial charge in [-0.2, -0.15) is 0 Å². The Morgan fingerprint density at radius 2 is 1.93 bits per heavy atom. The first-order valence-electron chi connectivity index (χ1n) is 4.36. The van der Waals surface area contributed by atoms with Crippen molar-refractivity contribution < 1.29 is 14.6 Å². The zero-order valence-corrected chi connectivity index (χ0v) is 9.34. The predicted molar refractivity (Wildman–Crippen MR) is 57.6 cm³/mol. The monoisotopic (exact) mass is 252 g/mol. The van der Waals surface area contributed by atoms with Crippen molar-refractivity contribution in [3.63, 3.8) is 0 Å². The summed E-state index contributed by atoms with van der Waals surface area (Å²) in [6, 6.07) is 4.14. The molecule has 84 valence electrons. The first-order valence-corrected chi connectivity index (χ1v) is 5.43. The van der Waals surface area contributed by atoms with Crippen LogP contribution in [0.15, 0.2) is 18.2 Å². The number of halogens is 3. The minimum atomic E-state index is -1.18. The van der Waals surface area contributed by atoms with Gasteiger partial charge in [0.2, 0.25) is 0 Å². The first kappa shape index (κ1) is 12.7. The molecule has 0 saturated carbocycles. The number of hydrogen-bond donors (Lipinski definition) is 2. The van der Waals surface area contributed by atoms with Crippen LogP contribution in [-0.4, -0.2) is 22.2 Å². The van der Waals surface area contributed by atoms with E-state index < -0.39 is 18.0 Å². The topological polar surface area (TPSA) is 40.5 Å². The van der Waals surface area contributed by atoms with Gasteiger partial charge >= 0.3 is 0 Å². The first-order chi connectivity index (χ1) is 7.10. The van der Waals surface area contributed by atoms with Crippen molar-refractivity contribution in [2.75, 3.05) is 5.88 Å². The van der Waals surface area contributed by atoms with Crippen LogP contribution in [0.2, 0.25) is 0 Å². The van der Waals surface area contributed by atoms with Gasteiger partial charge in [-0.3, -0.25) is 0 Å². The maximum atomic E-state index is 13.3. The fraction of sp³-hybridized carbons (Fsp3) is 0.400. The standard InChI is InChI=1S/C10H11Cl2FO2/c11-4-7-2-1-6(3-8(7)13)10(15)9(14)5-12/h1-3,9-10,14-15H,4-5H2. The van der Waals surface area contributed by atoms with Gasteiger partial charge in [0.15, 0.2) is 0 Å². The molecule has 2 atom stereocenters. The van der Waals surface area contributed by atoms with E-state index in [2.05, 4.69) is 0 Å². The lowest BCUT2D eigenvalue weighted by atomic mass is 10.0. The number of hydrogen-bond acceptors (Lipinski definition) is 2. The molecule has 0 aliphatic heterocycles. The van der Waals surface area contributed by atoms with Crippen molar-refractivity contribution in [3.8, 4) is 0 Å². The van der Waals surface area contributed by atoms with Gasteiger partial charge in [-0.05, 0) is 11.6 Å². The Morgan fingerprint density at radius 1 is 1.27 bits per heavy atom. The molecule has 0 heterocycles. The molecular formula is C10H11Cl2FO2. The highest BCUT2D eigenvalue weighted by Gasteiger charge is 2.18. The third-order valence-electron chi connectivity index (χ3n) is 2.09. The molecule has 2 unspecified atom stereocenters. The Hall–Kier alpha value is -0.350. The van der Waals surface area contributed by atoms with Crippen LogP contribution in [0.1, 0.15) is 17.2 Å². The van der Waals surface area contributed by atoms with Gasteiger partial charge in [-0.25, -0.2) is 4.39 Å². The van der Waals surface area contributed by atoms with E-state index in [9.17, 15) is 14.6 Å². The average molecular weight is 253 g/mol. The molecule has 5 heteroatoms. The van der Waals surface area contributed by atoms with Crippen molar-refractivity contribution in [2.24, 2.45) is 0 Å². The van der Waals surface area contributed by atoms with Crippen LogP contribution in [0.4, 0.5) is 4.39 Å². The van der Waals surface area contributed by atoms with E-state index in [1.54, 1.807) is 0 Å². The van der Waals surface area contributed by atoms with Crippen LogP contribution in [0, 0.1) is 5.82 Å². The molecule has 2 nitrogen and oxygen atoms in total. The summed E-state index contributed by atoms with van der Waals surface area (Å²) in [4.78, 5) is 0. The van der Waals surface area contributed by atoms with Crippen LogP contribution >= 0.6 is 23.2 Å². The molecule has 0 aromatic heterocycles. The number of rotatable bonds is 4. The van der Waals surface area contributed by atoms with Crippen LogP contribution in [0.5, 0.6) is 0 Å². The largest absolute Gasteiger partial charge is 0.389 e. The van der Waals surface area contributed by atoms with Gasteiger partial charge in [0.1, 0.15) is 11.9 Å². The SMILES string of the molecule is OC(CCl)C(O)c1ccc(CCl)c(F)c1. The predicted octanol–water partition coefficient (Wildman–Crippen LogP) is 2.20. The lowest BCUT2D eigenvalue weighted by molar-refractivity contribution is 0.0325. The minimum Gasteiger partial charge on any atom is -0.389 e. The molecule has 0 amide bonds. The van der Waals surface area contributed by atoms with E-state index in [-0.39, 0.29) is 17.3 Å². The van der Waals surface area contributed by atoms with Crippen molar-refractivity contribution in [1.29, 1.82) is 0 Å². The molecule has 0 fully saturated rings. The third-order valence-corrected chi connectivity index (χ3v) is 2.69. The van der Waals surface area contributed by atoms with Crippen molar-refractivity contribution >= 4 is 23.2 Å². The van der Waals surface area contributed by atoms with Gasteiger partial charge in [0.25, 0.3) is 0 Å². The summed E-state index contributed by atoms with van der Waals surface area (Å²) in [6.07, 6.45) is -2.28. The molecule has 1 aromatic rings. The minimum absolute atomic E-state index is 0.0697. The molecule has 0 bridgehead atoms. The highest BCUT2D eigenvalue weighted by Crippen LogP contribution is 2.21. The highest BCUT2D eigenvalue weighted by atomic mass is 35.5. The normalized spacial score (nSPS) is 15.0. The van der Waals surface area contributed by atoms with Crippen molar-refractivity contribution in [2.45, 2.75) is 18.1 Å². The second kappa shape index (κ2) is 5.66. The van der Waals surface area contributed by atoms with Gasteiger partial charge < -0.3 is 10.2 Å². The summed E-state index contributed by atoms with van der Waals surface area (Å²) in [5, 5.41) is 18.8. The fourth-order valence-corrected chi connectivity index (χ4v) is 1.55. The van der Waals surface area contributed by atoms with Gasteiger partial charge in [0, 0.05) is 5.56 Å². The van der Waals surface area contributed by atoms with E-state index in [4.69, 9.17) is 23.2 Å². The summed E-state index contributed by atoms with van der Waals surface area (Å²) < 4.78 is 13.3. The van der Waals surface area contributed by atoms with Gasteiger partial charge in [-0.1, -0.05) is 12.1 Å². The number of aliphatic hydroxyl groups is 2. The number of aliphatic hydroxyl groups excluding tert-OH is 2. The maximum Gasteiger partial charge on any atom is 0.127 e. The quantitative estimate of drug-likeness (QED) is 0.807. The molecule has 15 heavy (non-hydrogen) atoms. The van der Waals surface area contributed by atoms with Crippen molar-refractivity contribution in [3.05, 3.63) is 35.1 Å². The second-order valence-electron chi connectivity index (χ2n) is 3.15. The summed E-state index contributed by atoms with van der Waals surface area (Å²) >= 11 is 10.9. The van der Waals surface area contributed by atoms with Crippen LogP contribution < -0.4 is 0 Å². The molecule has 1 rings (SSSR count). The van der Waals surface area contributed by atoms with E-state index >= 15 is 0 Å². The molecule has 0 aliphatic rings. The molecule has 0 radical (unpaired) electrons. The van der Waals surface area contributed by atoms with Crippen LogP contribution in [-0.2, 0) is 5.88 Å². The lowest BCUT2D eigenvalue weighted by Gasteiger charge is -2.16. The zero-order valence-electron chi connectivity index (χ0n) is 7.83. The van der Waals surface area contributed by atoms with E-state index in [1.165, 1.54) is 12.1 Å². The highest BCUT2D eigenvalue weighted by molar-refractivity contribution is 6.18. The molecule has 1 aromatic carbocycles. The summed E-state index contributed by atoms with van der Waals surface area (Å²) in [7, 11) is 0. The van der Waals surface area contributed by atoms with Crippen LogP contribution in [0.3, 0.4) is 0 Å². The third kappa shape index (κ3) is 3.05. The Balaban J connectivity index is 2.92. The Bertz CT molecular complexity index is 333. The van der Waals surface area contributed by atoms with E-state index in [1.807, 2.05) is 0 Å². The Morgan fingerprint density at radius 3 is 2.40 bits per heavy atom. The van der Waals surface area contributed by atoms with Gasteiger partial charge in [-0.15, -0.1) is 23.2 Å².